The van der Waals surface area contributed by atoms with E-state index in [4.69, 9.17) is 4.42 Å². The van der Waals surface area contributed by atoms with Gasteiger partial charge in [0.25, 0.3) is 5.56 Å². The average Bonchev–Trinajstić information content (AvgIpc) is 3.21. The summed E-state index contributed by atoms with van der Waals surface area (Å²) in [7, 11) is 1.29. The van der Waals surface area contributed by atoms with Crippen LogP contribution >= 0.6 is 11.3 Å². The summed E-state index contributed by atoms with van der Waals surface area (Å²) in [6.45, 7) is 0.128. The van der Waals surface area contributed by atoms with Crippen LogP contribution < -0.4 is 5.56 Å². The Morgan fingerprint density at radius 2 is 2.21 bits per heavy atom. The monoisotopic (exact) mass is 345 g/mol. The Balaban J connectivity index is 1.72. The number of nitrogens with zero attached hydrogens (tertiary/aromatic N) is 3. The number of ether oxygens (including phenoxy) is 1. The summed E-state index contributed by atoms with van der Waals surface area (Å²) >= 11 is 1.57. The number of hydrogen-bond donors (Lipinski definition) is 0. The molecule has 0 aliphatic heterocycles. The molecule has 0 saturated heterocycles. The molecule has 0 bridgehead atoms. The lowest BCUT2D eigenvalue weighted by atomic mass is 9.97. The number of thiophene rings is 1. The van der Waals surface area contributed by atoms with Crippen molar-refractivity contribution in [2.45, 2.75) is 32.2 Å². The number of carbonyl (C=O) groups excluding carboxylic acids is 1. The van der Waals surface area contributed by atoms with E-state index in [2.05, 4.69) is 15.0 Å². The Bertz CT molecular complexity index is 985. The van der Waals surface area contributed by atoms with E-state index in [0.29, 0.717) is 16.0 Å². The third kappa shape index (κ3) is 2.43. The molecule has 1 aliphatic rings. The molecule has 0 N–H and O–H groups in total. The molecule has 124 valence electrons. The van der Waals surface area contributed by atoms with Crippen LogP contribution in [0.25, 0.3) is 10.2 Å². The molecular formula is C16H15N3O4S. The van der Waals surface area contributed by atoms with E-state index in [9.17, 15) is 9.59 Å². The van der Waals surface area contributed by atoms with Gasteiger partial charge in [0.05, 0.1) is 12.5 Å². The minimum atomic E-state index is -0.554. The second-order valence-corrected chi connectivity index (χ2v) is 6.78. The SMILES string of the molecule is COC(=O)c1ccc(Cn2nnc3sc4c(c3c2=O)CCCC4)o1. The van der Waals surface area contributed by atoms with Gasteiger partial charge in [-0.3, -0.25) is 4.79 Å². The fourth-order valence-corrected chi connectivity index (χ4v) is 4.23. The van der Waals surface area contributed by atoms with E-state index in [-0.39, 0.29) is 17.9 Å². The Kier molecular flexibility index (Phi) is 3.68. The van der Waals surface area contributed by atoms with Gasteiger partial charge in [0.2, 0.25) is 5.76 Å². The summed E-state index contributed by atoms with van der Waals surface area (Å²) in [4.78, 5) is 26.2. The van der Waals surface area contributed by atoms with Gasteiger partial charge in [0.15, 0.2) is 4.83 Å². The van der Waals surface area contributed by atoms with Crippen molar-refractivity contribution in [2.24, 2.45) is 0 Å². The zero-order chi connectivity index (χ0) is 16.7. The third-order valence-corrected chi connectivity index (χ3v) is 5.37. The molecule has 0 amide bonds. The first-order valence-electron chi connectivity index (χ1n) is 7.72. The average molecular weight is 345 g/mol. The topological polar surface area (TPSA) is 87.2 Å². The first-order valence-corrected chi connectivity index (χ1v) is 8.54. The summed E-state index contributed by atoms with van der Waals surface area (Å²) < 4.78 is 11.3. The predicted molar refractivity (Wildman–Crippen MR) is 87.5 cm³/mol. The number of aromatic nitrogens is 3. The Morgan fingerprint density at radius 3 is 3.04 bits per heavy atom. The van der Waals surface area contributed by atoms with E-state index in [1.165, 1.54) is 22.7 Å². The van der Waals surface area contributed by atoms with Crippen LogP contribution in [0, 0.1) is 0 Å². The highest BCUT2D eigenvalue weighted by atomic mass is 32.1. The van der Waals surface area contributed by atoms with Gasteiger partial charge >= 0.3 is 5.97 Å². The predicted octanol–water partition coefficient (Wildman–Crippen LogP) is 2.16. The maximum Gasteiger partial charge on any atom is 0.373 e. The van der Waals surface area contributed by atoms with Crippen LogP contribution in [0.1, 0.15) is 39.6 Å². The molecule has 3 heterocycles. The lowest BCUT2D eigenvalue weighted by Crippen LogP contribution is -2.25. The molecule has 8 heteroatoms. The van der Waals surface area contributed by atoms with Crippen molar-refractivity contribution in [2.75, 3.05) is 7.11 Å². The number of fused-ring (bicyclic) bond motifs is 3. The van der Waals surface area contributed by atoms with Gasteiger partial charge in [-0.15, -0.1) is 16.4 Å². The standard InChI is InChI=1S/C16H15N3O4S/c1-22-16(21)11-7-6-9(23-11)8-19-15(20)13-10-4-2-3-5-12(10)24-14(13)17-18-19/h6-7H,2-5,8H2,1H3. The smallest absolute Gasteiger partial charge is 0.373 e. The molecule has 0 atom stereocenters. The Hall–Kier alpha value is -2.48. The van der Waals surface area contributed by atoms with Gasteiger partial charge in [-0.1, -0.05) is 5.21 Å². The highest BCUT2D eigenvalue weighted by molar-refractivity contribution is 7.18. The highest BCUT2D eigenvalue weighted by Crippen LogP contribution is 2.33. The molecule has 3 aromatic heterocycles. The Morgan fingerprint density at radius 1 is 1.38 bits per heavy atom. The van der Waals surface area contributed by atoms with Gasteiger partial charge in [0, 0.05) is 4.88 Å². The van der Waals surface area contributed by atoms with E-state index in [1.54, 1.807) is 17.4 Å². The van der Waals surface area contributed by atoms with Crippen LogP contribution in [0.5, 0.6) is 0 Å². The van der Waals surface area contributed by atoms with Crippen molar-refractivity contribution in [3.63, 3.8) is 0 Å². The number of furan rings is 1. The number of rotatable bonds is 3. The Labute approximate surface area is 140 Å². The number of methoxy groups -OCH3 is 1. The van der Waals surface area contributed by atoms with E-state index < -0.39 is 5.97 Å². The third-order valence-electron chi connectivity index (χ3n) is 4.20. The van der Waals surface area contributed by atoms with Crippen molar-refractivity contribution < 1.29 is 13.9 Å². The largest absolute Gasteiger partial charge is 0.463 e. The second-order valence-electron chi connectivity index (χ2n) is 5.70. The summed E-state index contributed by atoms with van der Waals surface area (Å²) in [6, 6.07) is 3.15. The molecule has 0 unspecified atom stereocenters. The van der Waals surface area contributed by atoms with E-state index in [1.807, 2.05) is 0 Å². The normalized spacial score (nSPS) is 13.9. The van der Waals surface area contributed by atoms with Crippen molar-refractivity contribution in [1.82, 2.24) is 15.0 Å². The lowest BCUT2D eigenvalue weighted by Gasteiger charge is -2.09. The fraction of sp³-hybridized carbons (Fsp3) is 0.375. The van der Waals surface area contributed by atoms with Crippen LogP contribution in [0.4, 0.5) is 0 Å². The molecule has 0 radical (unpaired) electrons. The van der Waals surface area contributed by atoms with Crippen LogP contribution in [0.2, 0.25) is 0 Å². The molecule has 7 nitrogen and oxygen atoms in total. The first kappa shape index (κ1) is 15.1. The summed E-state index contributed by atoms with van der Waals surface area (Å²) in [6.07, 6.45) is 4.19. The minimum Gasteiger partial charge on any atom is -0.463 e. The maximum atomic E-state index is 12.8. The lowest BCUT2D eigenvalue weighted by molar-refractivity contribution is 0.0562. The number of carbonyl (C=O) groups is 1. The van der Waals surface area contributed by atoms with Crippen molar-refractivity contribution in [1.29, 1.82) is 0 Å². The fourth-order valence-electron chi connectivity index (χ4n) is 3.03. The van der Waals surface area contributed by atoms with Gasteiger partial charge in [0.1, 0.15) is 12.3 Å². The van der Waals surface area contributed by atoms with Crippen LogP contribution in [0.15, 0.2) is 21.3 Å². The number of hydrogen-bond acceptors (Lipinski definition) is 7. The van der Waals surface area contributed by atoms with Crippen LogP contribution in [-0.4, -0.2) is 28.1 Å². The summed E-state index contributed by atoms with van der Waals surface area (Å²) in [5, 5.41) is 8.89. The quantitative estimate of drug-likeness (QED) is 0.676. The van der Waals surface area contributed by atoms with E-state index >= 15 is 0 Å². The van der Waals surface area contributed by atoms with Crippen molar-refractivity contribution in [3.05, 3.63) is 44.4 Å². The molecule has 0 aromatic carbocycles. The molecular weight excluding hydrogens is 330 g/mol. The zero-order valence-electron chi connectivity index (χ0n) is 13.1. The molecule has 0 fully saturated rings. The zero-order valence-corrected chi connectivity index (χ0v) is 13.9. The summed E-state index contributed by atoms with van der Waals surface area (Å²) in [5.41, 5.74) is 0.972. The van der Waals surface area contributed by atoms with Gasteiger partial charge < -0.3 is 9.15 Å². The van der Waals surface area contributed by atoms with Gasteiger partial charge in [-0.05, 0) is 43.4 Å². The number of aryl methyl sites for hydroxylation is 2. The van der Waals surface area contributed by atoms with Crippen molar-refractivity contribution >= 4 is 27.5 Å². The van der Waals surface area contributed by atoms with Crippen LogP contribution in [0.3, 0.4) is 0 Å². The highest BCUT2D eigenvalue weighted by Gasteiger charge is 2.21. The molecule has 1 aliphatic carbocycles. The van der Waals surface area contributed by atoms with Crippen molar-refractivity contribution in [3.8, 4) is 0 Å². The molecule has 0 saturated carbocycles. The summed E-state index contributed by atoms with van der Waals surface area (Å²) in [5.74, 6) is -0.000200. The van der Waals surface area contributed by atoms with E-state index in [0.717, 1.165) is 31.2 Å². The second kappa shape index (κ2) is 5.86. The molecule has 0 spiro atoms. The maximum absolute atomic E-state index is 12.8. The van der Waals surface area contributed by atoms with Gasteiger partial charge in [-0.25, -0.2) is 9.48 Å². The minimum absolute atomic E-state index is 0.0995. The van der Waals surface area contributed by atoms with Crippen LogP contribution in [-0.2, 0) is 24.1 Å². The first-order chi connectivity index (χ1) is 11.7. The molecule has 3 aromatic rings. The number of esters is 1. The van der Waals surface area contributed by atoms with Gasteiger partial charge in [-0.2, -0.15) is 0 Å². The molecule has 4 rings (SSSR count). The molecule has 24 heavy (non-hydrogen) atoms.